The maximum Gasteiger partial charge on any atom is 0.250 e. The van der Waals surface area contributed by atoms with Crippen LogP contribution in [0.25, 0.3) is 0 Å². The van der Waals surface area contributed by atoms with E-state index in [0.29, 0.717) is 21.0 Å². The Labute approximate surface area is 175 Å². The molecule has 1 heterocycles. The minimum atomic E-state index is -1.01. The number of amides is 1. The third kappa shape index (κ3) is 5.34. The molecule has 1 aromatic carbocycles. The Kier molecular flexibility index (Phi) is 7.04. The summed E-state index contributed by atoms with van der Waals surface area (Å²) in [6, 6.07) is 3.45. The van der Waals surface area contributed by atoms with Crippen molar-refractivity contribution in [3.05, 3.63) is 50.2 Å². The Morgan fingerprint density at radius 1 is 1.38 bits per heavy atom. The van der Waals surface area contributed by atoms with E-state index in [-0.39, 0.29) is 23.8 Å². The SMILES string of the molecule is CC(C)c1cc(C#N)c(F)c(C(C)C)c1CC(=O)/N=C\c1ncc(C(C)(C)O)s1. The highest BCUT2D eigenvalue weighted by Crippen LogP contribution is 2.33. The number of rotatable bonds is 6. The second-order valence-corrected chi connectivity index (χ2v) is 9.15. The molecule has 154 valence electrons. The number of benzene rings is 1. The van der Waals surface area contributed by atoms with Crippen LogP contribution in [0.2, 0.25) is 0 Å². The van der Waals surface area contributed by atoms with Gasteiger partial charge in [-0.1, -0.05) is 27.7 Å². The highest BCUT2D eigenvalue weighted by atomic mass is 32.1. The molecule has 1 aromatic heterocycles. The molecule has 2 rings (SSSR count). The van der Waals surface area contributed by atoms with Crippen molar-refractivity contribution in [2.45, 2.75) is 65.4 Å². The van der Waals surface area contributed by atoms with Crippen molar-refractivity contribution in [2.75, 3.05) is 0 Å². The van der Waals surface area contributed by atoms with Gasteiger partial charge >= 0.3 is 0 Å². The van der Waals surface area contributed by atoms with Gasteiger partial charge in [-0.05, 0) is 48.4 Å². The van der Waals surface area contributed by atoms with Crippen LogP contribution in [0.15, 0.2) is 17.3 Å². The molecule has 0 aliphatic heterocycles. The van der Waals surface area contributed by atoms with Crippen LogP contribution in [0.5, 0.6) is 0 Å². The van der Waals surface area contributed by atoms with E-state index in [2.05, 4.69) is 9.98 Å². The van der Waals surface area contributed by atoms with Crippen LogP contribution in [-0.4, -0.2) is 22.2 Å². The fourth-order valence-corrected chi connectivity index (χ4v) is 3.88. The Bertz CT molecular complexity index is 979. The molecule has 1 N–H and O–H groups in total. The minimum Gasteiger partial charge on any atom is -0.385 e. The summed E-state index contributed by atoms with van der Waals surface area (Å²) in [4.78, 5) is 21.3. The number of carbonyl (C=O) groups excluding carboxylic acids is 1. The number of aliphatic imine (C=N–C) groups is 1. The molecule has 0 radical (unpaired) electrons. The zero-order chi connectivity index (χ0) is 21.9. The van der Waals surface area contributed by atoms with E-state index >= 15 is 0 Å². The van der Waals surface area contributed by atoms with Crippen LogP contribution in [0.4, 0.5) is 4.39 Å². The molecule has 2 aromatic rings. The number of carbonyl (C=O) groups is 1. The maximum atomic E-state index is 14.8. The molecular formula is C22H26FN3O2S. The van der Waals surface area contributed by atoms with Crippen molar-refractivity contribution >= 4 is 23.5 Å². The lowest BCUT2D eigenvalue weighted by atomic mass is 9.84. The third-order valence-corrected chi connectivity index (χ3v) is 5.78. The molecule has 0 aliphatic rings. The van der Waals surface area contributed by atoms with Crippen LogP contribution in [0.1, 0.15) is 85.5 Å². The Morgan fingerprint density at radius 2 is 2.03 bits per heavy atom. The highest BCUT2D eigenvalue weighted by molar-refractivity contribution is 7.13. The van der Waals surface area contributed by atoms with Crippen molar-refractivity contribution in [1.82, 2.24) is 4.98 Å². The number of aromatic nitrogens is 1. The van der Waals surface area contributed by atoms with Crippen LogP contribution < -0.4 is 0 Å². The molecule has 0 saturated carbocycles. The van der Waals surface area contributed by atoms with Crippen LogP contribution in [0.3, 0.4) is 0 Å². The number of hydrogen-bond donors (Lipinski definition) is 1. The molecule has 5 nitrogen and oxygen atoms in total. The summed E-state index contributed by atoms with van der Waals surface area (Å²) in [7, 11) is 0. The zero-order valence-corrected chi connectivity index (χ0v) is 18.4. The van der Waals surface area contributed by atoms with Gasteiger partial charge in [0, 0.05) is 6.20 Å². The number of nitriles is 1. The molecule has 7 heteroatoms. The predicted octanol–water partition coefficient (Wildman–Crippen LogP) is 4.82. The van der Waals surface area contributed by atoms with Gasteiger partial charge in [0.2, 0.25) is 5.91 Å². The number of halogens is 1. The summed E-state index contributed by atoms with van der Waals surface area (Å²) >= 11 is 1.25. The number of hydrogen-bond acceptors (Lipinski definition) is 5. The fourth-order valence-electron chi connectivity index (χ4n) is 3.09. The minimum absolute atomic E-state index is 0.000895. The number of thiazole rings is 1. The second-order valence-electron chi connectivity index (χ2n) is 8.09. The largest absolute Gasteiger partial charge is 0.385 e. The average Bonchev–Trinajstić information content (AvgIpc) is 3.09. The molecule has 0 bridgehead atoms. The number of aliphatic hydroxyl groups is 1. The summed E-state index contributed by atoms with van der Waals surface area (Å²) in [6.45, 7) is 10.9. The first-order chi connectivity index (χ1) is 13.5. The molecule has 0 unspecified atom stereocenters. The summed E-state index contributed by atoms with van der Waals surface area (Å²) in [6.07, 6.45) is 2.87. The Balaban J connectivity index is 2.37. The van der Waals surface area contributed by atoms with Gasteiger partial charge in [-0.3, -0.25) is 4.79 Å². The average molecular weight is 416 g/mol. The highest BCUT2D eigenvalue weighted by Gasteiger charge is 2.23. The zero-order valence-electron chi connectivity index (χ0n) is 17.6. The third-order valence-electron chi connectivity index (χ3n) is 4.54. The van der Waals surface area contributed by atoms with Gasteiger partial charge in [0.25, 0.3) is 0 Å². The lowest BCUT2D eigenvalue weighted by molar-refractivity contribution is -0.117. The molecule has 1 amide bonds. The smallest absolute Gasteiger partial charge is 0.250 e. The topological polar surface area (TPSA) is 86.3 Å². The van der Waals surface area contributed by atoms with E-state index in [1.807, 2.05) is 33.8 Å². The van der Waals surface area contributed by atoms with Crippen molar-refractivity contribution < 1.29 is 14.3 Å². The first-order valence-corrected chi connectivity index (χ1v) is 10.3. The van der Waals surface area contributed by atoms with E-state index in [1.54, 1.807) is 20.0 Å². The van der Waals surface area contributed by atoms with Crippen LogP contribution in [-0.2, 0) is 16.8 Å². The molecule has 29 heavy (non-hydrogen) atoms. The Hall–Kier alpha value is -2.43. The van der Waals surface area contributed by atoms with Crippen LogP contribution in [0, 0.1) is 17.1 Å². The normalized spacial score (nSPS) is 12.2. The standard InChI is InChI=1S/C22H26FN3O2S/c1-12(2)15-7-14(9-24)21(23)20(13(3)4)16(15)8-18(27)25-11-19-26-10-17(29-19)22(5,6)28/h7,10-13,28H,8H2,1-6H3/b25-11-. The van der Waals surface area contributed by atoms with Crippen molar-refractivity contribution in [2.24, 2.45) is 4.99 Å². The molecule has 0 aliphatic carbocycles. The van der Waals surface area contributed by atoms with E-state index in [1.165, 1.54) is 23.6 Å². The maximum absolute atomic E-state index is 14.8. The van der Waals surface area contributed by atoms with Gasteiger partial charge in [0.05, 0.1) is 28.7 Å². The Morgan fingerprint density at radius 3 is 2.52 bits per heavy atom. The first kappa shape index (κ1) is 22.9. The van der Waals surface area contributed by atoms with Crippen molar-refractivity contribution in [1.29, 1.82) is 5.26 Å². The van der Waals surface area contributed by atoms with Crippen molar-refractivity contribution in [3.8, 4) is 6.07 Å². The monoisotopic (exact) mass is 415 g/mol. The predicted molar refractivity (Wildman–Crippen MR) is 113 cm³/mol. The van der Waals surface area contributed by atoms with E-state index in [4.69, 9.17) is 0 Å². The van der Waals surface area contributed by atoms with Gasteiger partial charge in [0.15, 0.2) is 0 Å². The lowest BCUT2D eigenvalue weighted by Gasteiger charge is -2.20. The van der Waals surface area contributed by atoms with E-state index < -0.39 is 17.3 Å². The molecule has 0 saturated heterocycles. The van der Waals surface area contributed by atoms with Crippen LogP contribution >= 0.6 is 11.3 Å². The van der Waals surface area contributed by atoms with E-state index in [9.17, 15) is 19.6 Å². The summed E-state index contributed by atoms with van der Waals surface area (Å²) < 4.78 is 14.8. The molecule has 0 spiro atoms. The van der Waals surface area contributed by atoms with Gasteiger partial charge in [-0.2, -0.15) is 5.26 Å². The lowest BCUT2D eigenvalue weighted by Crippen LogP contribution is -2.13. The van der Waals surface area contributed by atoms with Gasteiger partial charge in [-0.25, -0.2) is 14.4 Å². The fraction of sp³-hybridized carbons (Fsp3) is 0.455. The van der Waals surface area contributed by atoms with Gasteiger partial charge < -0.3 is 5.11 Å². The number of nitrogens with zero attached hydrogens (tertiary/aromatic N) is 3. The molecule has 0 fully saturated rings. The van der Waals surface area contributed by atoms with Crippen molar-refractivity contribution in [3.63, 3.8) is 0 Å². The van der Waals surface area contributed by atoms with Gasteiger partial charge in [0.1, 0.15) is 16.9 Å². The molecule has 0 atom stereocenters. The second kappa shape index (κ2) is 8.93. The van der Waals surface area contributed by atoms with Gasteiger partial charge in [-0.15, -0.1) is 11.3 Å². The quantitative estimate of drug-likeness (QED) is 0.686. The first-order valence-electron chi connectivity index (χ1n) is 9.46. The molecular weight excluding hydrogens is 389 g/mol. The summed E-state index contributed by atoms with van der Waals surface area (Å²) in [5, 5.41) is 19.8. The summed E-state index contributed by atoms with van der Waals surface area (Å²) in [5.41, 5.74) is 0.777. The summed E-state index contributed by atoms with van der Waals surface area (Å²) in [5.74, 6) is -1.13. The van der Waals surface area contributed by atoms with E-state index in [0.717, 1.165) is 5.56 Å².